The topological polar surface area (TPSA) is 26.3 Å². The summed E-state index contributed by atoms with van der Waals surface area (Å²) in [7, 11) is 0. The summed E-state index contributed by atoms with van der Waals surface area (Å²) in [6.45, 7) is 5.81. The zero-order valence-electron chi connectivity index (χ0n) is 12.4. The summed E-state index contributed by atoms with van der Waals surface area (Å²) < 4.78 is 5.65. The van der Waals surface area contributed by atoms with Gasteiger partial charge in [0.25, 0.3) is 0 Å². The minimum Gasteiger partial charge on any atom is -0.460 e. The molecular formula is C18H22O2. The minimum absolute atomic E-state index is 0.0216. The zero-order valence-corrected chi connectivity index (χ0v) is 12.4. The Balaban J connectivity index is 1.89. The fourth-order valence-corrected chi connectivity index (χ4v) is 3.64. The summed E-state index contributed by atoms with van der Waals surface area (Å²) in [6.07, 6.45) is 5.57. The van der Waals surface area contributed by atoms with E-state index >= 15 is 0 Å². The van der Waals surface area contributed by atoms with Crippen LogP contribution >= 0.6 is 0 Å². The van der Waals surface area contributed by atoms with Crippen molar-refractivity contribution in [3.05, 3.63) is 48.0 Å². The van der Waals surface area contributed by atoms with Gasteiger partial charge < -0.3 is 4.74 Å². The van der Waals surface area contributed by atoms with E-state index in [1.807, 2.05) is 26.8 Å². The van der Waals surface area contributed by atoms with Crippen LogP contribution in [-0.4, -0.2) is 11.6 Å². The standard InChI is InChI=1S/C18H22O2/c1-18(2,3)20-17(19)16-14-10-9-13(11-14)15(16)12-7-5-4-6-8-12/h4-10,13-16H,11H2,1-3H3/t13-,14+,15?,16?/m0/s1. The maximum absolute atomic E-state index is 12.6. The normalized spacial score (nSPS) is 31.6. The molecule has 0 heterocycles. The lowest BCUT2D eigenvalue weighted by atomic mass is 9.78. The van der Waals surface area contributed by atoms with E-state index in [0.29, 0.717) is 11.8 Å². The quantitative estimate of drug-likeness (QED) is 0.601. The molecule has 0 saturated heterocycles. The van der Waals surface area contributed by atoms with Crippen molar-refractivity contribution >= 4 is 5.97 Å². The van der Waals surface area contributed by atoms with Crippen LogP contribution < -0.4 is 0 Å². The molecule has 0 amide bonds. The highest BCUT2D eigenvalue weighted by Crippen LogP contribution is 2.53. The van der Waals surface area contributed by atoms with Crippen LogP contribution in [0.2, 0.25) is 0 Å². The number of rotatable bonds is 2. The SMILES string of the molecule is CC(C)(C)OC(=O)C1C(c2ccccc2)[C@H]2C=C[C@@H]1C2. The van der Waals surface area contributed by atoms with Crippen LogP contribution in [0.25, 0.3) is 0 Å². The second-order valence-corrected chi connectivity index (χ2v) is 6.94. The number of ether oxygens (including phenoxy) is 1. The van der Waals surface area contributed by atoms with Crippen molar-refractivity contribution < 1.29 is 9.53 Å². The minimum atomic E-state index is -0.413. The van der Waals surface area contributed by atoms with Gasteiger partial charge in [0.2, 0.25) is 0 Å². The molecule has 2 bridgehead atoms. The van der Waals surface area contributed by atoms with Crippen molar-refractivity contribution in [2.45, 2.75) is 38.7 Å². The lowest BCUT2D eigenvalue weighted by Crippen LogP contribution is -2.33. The number of carbonyl (C=O) groups is 1. The van der Waals surface area contributed by atoms with Crippen LogP contribution in [0.1, 0.15) is 38.7 Å². The van der Waals surface area contributed by atoms with Crippen molar-refractivity contribution in [3.63, 3.8) is 0 Å². The molecule has 0 radical (unpaired) electrons. The van der Waals surface area contributed by atoms with Gasteiger partial charge in [0.1, 0.15) is 5.60 Å². The second-order valence-electron chi connectivity index (χ2n) is 6.94. The molecule has 0 aromatic heterocycles. The Hall–Kier alpha value is -1.57. The lowest BCUT2D eigenvalue weighted by molar-refractivity contribution is -0.161. The molecule has 0 N–H and O–H groups in total. The van der Waals surface area contributed by atoms with E-state index < -0.39 is 5.60 Å². The predicted octanol–water partition coefficient (Wildman–Crippen LogP) is 3.93. The highest BCUT2D eigenvalue weighted by Gasteiger charge is 2.49. The molecule has 4 atom stereocenters. The molecule has 2 aliphatic rings. The number of esters is 1. The van der Waals surface area contributed by atoms with E-state index in [9.17, 15) is 4.79 Å². The first kappa shape index (κ1) is 13.4. The number of fused-ring (bicyclic) bond motifs is 2. The van der Waals surface area contributed by atoms with Gasteiger partial charge in [-0.25, -0.2) is 0 Å². The number of benzene rings is 1. The lowest BCUT2D eigenvalue weighted by Gasteiger charge is -2.30. The molecule has 2 heteroatoms. The summed E-state index contributed by atoms with van der Waals surface area (Å²) in [5, 5.41) is 0. The van der Waals surface area contributed by atoms with Crippen molar-refractivity contribution in [3.8, 4) is 0 Å². The molecule has 3 rings (SSSR count). The van der Waals surface area contributed by atoms with Crippen LogP contribution in [-0.2, 0) is 9.53 Å². The molecule has 20 heavy (non-hydrogen) atoms. The van der Waals surface area contributed by atoms with Crippen LogP contribution in [0, 0.1) is 17.8 Å². The highest BCUT2D eigenvalue weighted by atomic mass is 16.6. The van der Waals surface area contributed by atoms with Gasteiger partial charge in [0.05, 0.1) is 5.92 Å². The second kappa shape index (κ2) is 4.76. The Morgan fingerprint density at radius 2 is 1.75 bits per heavy atom. The summed E-state index contributed by atoms with van der Waals surface area (Å²) in [4.78, 5) is 12.6. The summed E-state index contributed by atoms with van der Waals surface area (Å²) in [5.74, 6) is 1.05. The van der Waals surface area contributed by atoms with Crippen LogP contribution in [0.15, 0.2) is 42.5 Å². The number of hydrogen-bond donors (Lipinski definition) is 0. The van der Waals surface area contributed by atoms with Gasteiger partial charge in [-0.3, -0.25) is 4.79 Å². The smallest absolute Gasteiger partial charge is 0.310 e. The van der Waals surface area contributed by atoms with Crippen LogP contribution in [0.3, 0.4) is 0 Å². The summed E-state index contributed by atoms with van der Waals surface area (Å²) in [6, 6.07) is 10.4. The third kappa shape index (κ3) is 2.39. The molecular weight excluding hydrogens is 248 g/mol. The highest BCUT2D eigenvalue weighted by molar-refractivity contribution is 5.76. The van der Waals surface area contributed by atoms with Crippen LogP contribution in [0.5, 0.6) is 0 Å². The molecule has 2 unspecified atom stereocenters. The van der Waals surface area contributed by atoms with Crippen molar-refractivity contribution in [2.24, 2.45) is 17.8 Å². The fraction of sp³-hybridized carbons (Fsp3) is 0.500. The number of carbonyl (C=O) groups excluding carboxylic acids is 1. The van der Waals surface area contributed by atoms with E-state index in [4.69, 9.17) is 4.74 Å². The Labute approximate surface area is 120 Å². The fourth-order valence-electron chi connectivity index (χ4n) is 3.64. The molecule has 106 valence electrons. The van der Waals surface area contributed by atoms with Crippen LogP contribution in [0.4, 0.5) is 0 Å². The number of hydrogen-bond acceptors (Lipinski definition) is 2. The van der Waals surface area contributed by atoms with Crippen molar-refractivity contribution in [1.29, 1.82) is 0 Å². The van der Waals surface area contributed by atoms with Gasteiger partial charge in [-0.05, 0) is 44.6 Å². The first-order valence-electron chi connectivity index (χ1n) is 7.42. The molecule has 0 aliphatic heterocycles. The van der Waals surface area contributed by atoms with Gasteiger partial charge in [0.15, 0.2) is 0 Å². The molecule has 0 spiro atoms. The van der Waals surface area contributed by atoms with Gasteiger partial charge >= 0.3 is 5.97 Å². The largest absolute Gasteiger partial charge is 0.460 e. The Bertz CT molecular complexity index is 524. The summed E-state index contributed by atoms with van der Waals surface area (Å²) >= 11 is 0. The average Bonchev–Trinajstić information content (AvgIpc) is 2.97. The molecule has 1 aromatic carbocycles. The van der Waals surface area contributed by atoms with Gasteiger partial charge in [-0.1, -0.05) is 42.5 Å². The van der Waals surface area contributed by atoms with E-state index in [0.717, 1.165) is 6.42 Å². The first-order chi connectivity index (χ1) is 9.46. The zero-order chi connectivity index (χ0) is 14.3. The average molecular weight is 270 g/mol. The molecule has 1 aromatic rings. The molecule has 2 aliphatic carbocycles. The maximum atomic E-state index is 12.6. The predicted molar refractivity (Wildman–Crippen MR) is 79.3 cm³/mol. The van der Waals surface area contributed by atoms with E-state index in [2.05, 4.69) is 36.4 Å². The van der Waals surface area contributed by atoms with Crippen molar-refractivity contribution in [1.82, 2.24) is 0 Å². The third-order valence-electron chi connectivity index (χ3n) is 4.32. The molecule has 1 fully saturated rings. The summed E-state index contributed by atoms with van der Waals surface area (Å²) in [5.41, 5.74) is 0.851. The van der Waals surface area contributed by atoms with Crippen molar-refractivity contribution in [2.75, 3.05) is 0 Å². The molecule has 1 saturated carbocycles. The Morgan fingerprint density at radius 1 is 1.10 bits per heavy atom. The maximum Gasteiger partial charge on any atom is 0.310 e. The third-order valence-corrected chi connectivity index (χ3v) is 4.32. The van der Waals surface area contributed by atoms with E-state index in [1.165, 1.54) is 5.56 Å². The van der Waals surface area contributed by atoms with E-state index in [1.54, 1.807) is 0 Å². The van der Waals surface area contributed by atoms with Gasteiger partial charge in [0, 0.05) is 5.92 Å². The van der Waals surface area contributed by atoms with E-state index in [-0.39, 0.29) is 17.8 Å². The Morgan fingerprint density at radius 3 is 2.40 bits per heavy atom. The Kier molecular flexibility index (Phi) is 3.19. The van der Waals surface area contributed by atoms with Gasteiger partial charge in [-0.15, -0.1) is 0 Å². The first-order valence-corrected chi connectivity index (χ1v) is 7.42. The molecule has 2 nitrogen and oxygen atoms in total. The number of allylic oxidation sites excluding steroid dienone is 2. The van der Waals surface area contributed by atoms with Gasteiger partial charge in [-0.2, -0.15) is 0 Å². The monoisotopic (exact) mass is 270 g/mol.